The summed E-state index contributed by atoms with van der Waals surface area (Å²) in [6.45, 7) is 2.02. The first kappa shape index (κ1) is 9.33. The van der Waals surface area contributed by atoms with E-state index < -0.39 is 9.52 Å². The number of hydrogen-bond acceptors (Lipinski definition) is 1. The molecule has 1 rings (SSSR count). The van der Waals surface area contributed by atoms with Crippen LogP contribution in [0.15, 0.2) is 35.2 Å². The molecule has 66 valence electrons. The maximum absolute atomic E-state index is 11.9. The van der Waals surface area contributed by atoms with Gasteiger partial charge in [-0.3, -0.25) is 4.21 Å². The van der Waals surface area contributed by atoms with E-state index in [1.807, 2.05) is 37.3 Å². The van der Waals surface area contributed by atoms with Gasteiger partial charge in [0.2, 0.25) is 0 Å². The highest BCUT2D eigenvalue weighted by molar-refractivity contribution is 8.00. The Balaban J connectivity index is 2.99. The maximum Gasteiger partial charge on any atom is 0.0305 e. The van der Waals surface area contributed by atoms with E-state index in [4.69, 9.17) is 0 Å². The standard InChI is InChI=1S/C10H14OS/c1-3-9-12(2,11)10-7-5-4-6-8-10/h4-8H,2-3,9H2,1H3. The number of rotatable bonds is 3. The van der Waals surface area contributed by atoms with Crippen molar-refractivity contribution in [2.75, 3.05) is 5.75 Å². The van der Waals surface area contributed by atoms with Crippen LogP contribution in [0.4, 0.5) is 0 Å². The molecule has 0 saturated carbocycles. The highest BCUT2D eigenvalue weighted by Gasteiger charge is 2.04. The Labute approximate surface area is 74.4 Å². The summed E-state index contributed by atoms with van der Waals surface area (Å²) in [6, 6.07) is 9.48. The van der Waals surface area contributed by atoms with E-state index in [-0.39, 0.29) is 0 Å². The van der Waals surface area contributed by atoms with Crippen LogP contribution >= 0.6 is 0 Å². The zero-order chi connectivity index (χ0) is 9.03. The molecular weight excluding hydrogens is 168 g/mol. The highest BCUT2D eigenvalue weighted by Crippen LogP contribution is 2.10. The van der Waals surface area contributed by atoms with E-state index in [1.54, 1.807) is 0 Å². The summed E-state index contributed by atoms with van der Waals surface area (Å²) in [5.41, 5.74) is 0. The predicted molar refractivity (Wildman–Crippen MR) is 55.1 cm³/mol. The van der Waals surface area contributed by atoms with Gasteiger partial charge in [-0.15, -0.1) is 0 Å². The Morgan fingerprint density at radius 2 is 1.92 bits per heavy atom. The minimum Gasteiger partial charge on any atom is -0.263 e. The van der Waals surface area contributed by atoms with Gasteiger partial charge in [-0.05, 0) is 33.9 Å². The first-order chi connectivity index (χ1) is 5.67. The van der Waals surface area contributed by atoms with Crippen molar-refractivity contribution in [3.63, 3.8) is 0 Å². The Morgan fingerprint density at radius 3 is 2.42 bits per heavy atom. The average Bonchev–Trinajstić information content (AvgIpc) is 2.06. The second-order valence-corrected chi connectivity index (χ2v) is 5.33. The van der Waals surface area contributed by atoms with Gasteiger partial charge in [-0.25, -0.2) is 0 Å². The van der Waals surface area contributed by atoms with Gasteiger partial charge in [-0.1, -0.05) is 25.1 Å². The highest BCUT2D eigenvalue weighted by atomic mass is 32.2. The summed E-state index contributed by atoms with van der Waals surface area (Å²) >= 11 is 0. The van der Waals surface area contributed by atoms with Crippen LogP contribution in [-0.2, 0) is 9.52 Å². The number of hydrogen-bond donors (Lipinski definition) is 0. The molecule has 0 spiro atoms. The normalized spacial score (nSPS) is 15.4. The van der Waals surface area contributed by atoms with Gasteiger partial charge in [0, 0.05) is 10.6 Å². The second kappa shape index (κ2) is 3.76. The fourth-order valence-electron chi connectivity index (χ4n) is 1.12. The molecule has 1 nitrogen and oxygen atoms in total. The van der Waals surface area contributed by atoms with Gasteiger partial charge in [0.15, 0.2) is 0 Å². The molecule has 0 heterocycles. The monoisotopic (exact) mass is 182 g/mol. The van der Waals surface area contributed by atoms with Gasteiger partial charge in [0.25, 0.3) is 0 Å². The third-order valence-electron chi connectivity index (χ3n) is 1.71. The first-order valence-electron chi connectivity index (χ1n) is 4.07. The largest absolute Gasteiger partial charge is 0.263 e. The quantitative estimate of drug-likeness (QED) is 0.655. The minimum absolute atomic E-state index is 0.678. The van der Waals surface area contributed by atoms with Crippen molar-refractivity contribution < 1.29 is 4.21 Å². The summed E-state index contributed by atoms with van der Waals surface area (Å²) < 4.78 is 11.9. The molecule has 1 atom stereocenters. The molecule has 0 aliphatic carbocycles. The van der Waals surface area contributed by atoms with Crippen LogP contribution in [0.5, 0.6) is 0 Å². The smallest absolute Gasteiger partial charge is 0.0305 e. The van der Waals surface area contributed by atoms with Crippen LogP contribution in [-0.4, -0.2) is 15.8 Å². The maximum atomic E-state index is 11.9. The lowest BCUT2D eigenvalue weighted by Gasteiger charge is -2.06. The summed E-state index contributed by atoms with van der Waals surface area (Å²) in [4.78, 5) is 0.867. The van der Waals surface area contributed by atoms with Crippen LogP contribution in [0.1, 0.15) is 13.3 Å². The van der Waals surface area contributed by atoms with E-state index in [0.29, 0.717) is 5.75 Å². The van der Waals surface area contributed by atoms with Crippen molar-refractivity contribution in [3.8, 4) is 0 Å². The van der Waals surface area contributed by atoms with Gasteiger partial charge in [0.05, 0.1) is 0 Å². The lowest BCUT2D eigenvalue weighted by Crippen LogP contribution is -2.04. The molecule has 1 unspecified atom stereocenters. The van der Waals surface area contributed by atoms with Crippen molar-refractivity contribution in [1.82, 2.24) is 0 Å². The Morgan fingerprint density at radius 1 is 1.33 bits per heavy atom. The molecule has 1 aromatic carbocycles. The van der Waals surface area contributed by atoms with E-state index >= 15 is 0 Å². The Kier molecular flexibility index (Phi) is 2.93. The fraction of sp³-hybridized carbons (Fsp3) is 0.300. The van der Waals surface area contributed by atoms with Gasteiger partial charge < -0.3 is 0 Å². The van der Waals surface area contributed by atoms with Crippen molar-refractivity contribution in [2.45, 2.75) is 18.2 Å². The predicted octanol–water partition coefficient (Wildman–Crippen LogP) is 2.17. The van der Waals surface area contributed by atoms with Crippen LogP contribution in [0.25, 0.3) is 0 Å². The van der Waals surface area contributed by atoms with E-state index in [9.17, 15) is 4.21 Å². The van der Waals surface area contributed by atoms with Crippen LogP contribution < -0.4 is 0 Å². The first-order valence-corrected chi connectivity index (χ1v) is 5.96. The zero-order valence-corrected chi connectivity index (χ0v) is 8.14. The molecule has 0 bridgehead atoms. The molecule has 0 saturated heterocycles. The average molecular weight is 182 g/mol. The van der Waals surface area contributed by atoms with Crippen LogP contribution in [0.2, 0.25) is 0 Å². The van der Waals surface area contributed by atoms with E-state index in [0.717, 1.165) is 11.3 Å². The summed E-state index contributed by atoms with van der Waals surface area (Å²) in [5, 5.41) is 0. The zero-order valence-electron chi connectivity index (χ0n) is 7.32. The van der Waals surface area contributed by atoms with E-state index in [1.165, 1.54) is 0 Å². The van der Waals surface area contributed by atoms with Crippen molar-refractivity contribution in [2.24, 2.45) is 0 Å². The fourth-order valence-corrected chi connectivity index (χ4v) is 2.66. The van der Waals surface area contributed by atoms with Crippen LogP contribution in [0.3, 0.4) is 0 Å². The third kappa shape index (κ3) is 2.11. The summed E-state index contributed by atoms with van der Waals surface area (Å²) in [7, 11) is -2.01. The molecule has 0 fully saturated rings. The molecule has 1 aromatic rings. The SMILES string of the molecule is C=S(=O)(CCC)c1ccccc1. The van der Waals surface area contributed by atoms with Gasteiger partial charge in [0.1, 0.15) is 0 Å². The van der Waals surface area contributed by atoms with Crippen molar-refractivity contribution in [3.05, 3.63) is 30.3 Å². The summed E-state index contributed by atoms with van der Waals surface area (Å²) in [5.74, 6) is 4.44. The number of benzene rings is 1. The van der Waals surface area contributed by atoms with Gasteiger partial charge >= 0.3 is 0 Å². The van der Waals surface area contributed by atoms with Crippen molar-refractivity contribution in [1.29, 1.82) is 0 Å². The second-order valence-electron chi connectivity index (χ2n) is 2.83. The molecule has 0 N–H and O–H groups in total. The molecular formula is C10H14OS. The Bertz CT molecular complexity index is 324. The third-order valence-corrected chi connectivity index (χ3v) is 3.91. The minimum atomic E-state index is -2.01. The molecule has 0 aliphatic heterocycles. The van der Waals surface area contributed by atoms with Crippen LogP contribution in [0, 0.1) is 0 Å². The van der Waals surface area contributed by atoms with E-state index in [2.05, 4.69) is 5.87 Å². The lowest BCUT2D eigenvalue weighted by molar-refractivity contribution is 0.680. The molecule has 0 radical (unpaired) electrons. The Hall–Kier alpha value is -0.760. The molecule has 0 aliphatic rings. The molecule has 0 amide bonds. The topological polar surface area (TPSA) is 17.1 Å². The van der Waals surface area contributed by atoms with Crippen molar-refractivity contribution >= 4 is 15.4 Å². The van der Waals surface area contributed by atoms with Gasteiger partial charge in [-0.2, -0.15) is 0 Å². The molecule has 12 heavy (non-hydrogen) atoms. The summed E-state index contributed by atoms with van der Waals surface area (Å²) in [6.07, 6.45) is 0.914. The molecule has 2 heteroatoms. The molecule has 0 aromatic heterocycles. The lowest BCUT2D eigenvalue weighted by atomic mass is 10.4.